The number of methoxy groups -OCH3 is 1. The predicted octanol–water partition coefficient (Wildman–Crippen LogP) is 3.96. The van der Waals surface area contributed by atoms with Crippen LogP contribution in [0.3, 0.4) is 0 Å². The molecule has 0 spiro atoms. The van der Waals surface area contributed by atoms with Gasteiger partial charge in [-0.05, 0) is 48.0 Å². The molecule has 184 valence electrons. The number of anilines is 1. The number of ether oxygens (including phenoxy) is 2. The van der Waals surface area contributed by atoms with Gasteiger partial charge in [0, 0.05) is 31.3 Å². The first-order valence-electron chi connectivity index (χ1n) is 11.4. The van der Waals surface area contributed by atoms with Gasteiger partial charge in [0.2, 0.25) is 5.91 Å². The van der Waals surface area contributed by atoms with E-state index in [1.807, 2.05) is 30.3 Å². The van der Waals surface area contributed by atoms with Gasteiger partial charge in [-0.3, -0.25) is 14.9 Å². The number of carbonyl (C=O) groups excluding carboxylic acids is 2. The largest absolute Gasteiger partial charge is 0.497 e. The lowest BCUT2D eigenvalue weighted by molar-refractivity contribution is -0.118. The Hall–Kier alpha value is -4.66. The number of nitrogens with zero attached hydrogens (tertiary/aromatic N) is 2. The Morgan fingerprint density at radius 3 is 2.44 bits per heavy atom. The molecule has 9 nitrogen and oxygen atoms in total. The number of rotatable bonds is 8. The molecule has 0 saturated heterocycles. The molecule has 0 fully saturated rings. The zero-order chi connectivity index (χ0) is 25.5. The van der Waals surface area contributed by atoms with Gasteiger partial charge in [-0.1, -0.05) is 30.3 Å². The van der Waals surface area contributed by atoms with Crippen LogP contribution in [0.2, 0.25) is 0 Å². The van der Waals surface area contributed by atoms with Crippen LogP contribution in [-0.2, 0) is 22.7 Å². The molecule has 0 bridgehead atoms. The van der Waals surface area contributed by atoms with E-state index in [4.69, 9.17) is 9.47 Å². The van der Waals surface area contributed by atoms with Crippen molar-refractivity contribution in [3.63, 3.8) is 0 Å². The maximum Gasteiger partial charge on any atom is 0.411 e. The van der Waals surface area contributed by atoms with Crippen LogP contribution in [0.25, 0.3) is 22.3 Å². The molecule has 0 aliphatic carbocycles. The van der Waals surface area contributed by atoms with E-state index in [9.17, 15) is 14.4 Å². The smallest absolute Gasteiger partial charge is 0.411 e. The number of carbonyl (C=O) groups is 2. The minimum atomic E-state index is -0.617. The first-order chi connectivity index (χ1) is 17.4. The van der Waals surface area contributed by atoms with E-state index < -0.39 is 6.09 Å². The number of nitrogens with one attached hydrogen (secondary N) is 2. The minimum absolute atomic E-state index is 0.133. The third kappa shape index (κ3) is 5.87. The van der Waals surface area contributed by atoms with Crippen molar-refractivity contribution in [3.05, 3.63) is 88.7 Å². The topological polar surface area (TPSA) is 112 Å². The summed E-state index contributed by atoms with van der Waals surface area (Å²) in [6.07, 6.45) is -0.617. The Morgan fingerprint density at radius 2 is 1.75 bits per heavy atom. The van der Waals surface area contributed by atoms with E-state index in [1.165, 1.54) is 6.92 Å². The van der Waals surface area contributed by atoms with Crippen molar-refractivity contribution < 1.29 is 19.1 Å². The van der Waals surface area contributed by atoms with Crippen LogP contribution in [-0.4, -0.2) is 35.2 Å². The minimum Gasteiger partial charge on any atom is -0.497 e. The summed E-state index contributed by atoms with van der Waals surface area (Å²) in [5.41, 5.74) is 3.00. The summed E-state index contributed by atoms with van der Waals surface area (Å²) in [5, 5.41) is 5.41. The summed E-state index contributed by atoms with van der Waals surface area (Å²) in [6, 6.07) is 21.5. The van der Waals surface area contributed by atoms with Crippen LogP contribution in [0.5, 0.6) is 5.75 Å². The summed E-state index contributed by atoms with van der Waals surface area (Å²) < 4.78 is 12.0. The normalized spacial score (nSPS) is 10.6. The van der Waals surface area contributed by atoms with Crippen molar-refractivity contribution in [2.24, 2.45) is 0 Å². The summed E-state index contributed by atoms with van der Waals surface area (Å²) in [5.74, 6) is 0.473. The molecule has 0 aliphatic rings. The van der Waals surface area contributed by atoms with Gasteiger partial charge in [0.25, 0.3) is 5.56 Å². The van der Waals surface area contributed by atoms with Gasteiger partial charge in [0.15, 0.2) is 0 Å². The fraction of sp³-hybridized carbons (Fsp3) is 0.185. The molecule has 0 radical (unpaired) electrons. The van der Waals surface area contributed by atoms with E-state index in [0.29, 0.717) is 28.0 Å². The maximum absolute atomic E-state index is 13.5. The van der Waals surface area contributed by atoms with E-state index in [0.717, 1.165) is 5.56 Å². The first kappa shape index (κ1) is 24.5. The molecule has 4 aromatic rings. The van der Waals surface area contributed by atoms with Crippen LogP contribution in [0.1, 0.15) is 12.5 Å². The van der Waals surface area contributed by atoms with Gasteiger partial charge in [-0.2, -0.15) is 0 Å². The predicted molar refractivity (Wildman–Crippen MR) is 137 cm³/mol. The fourth-order valence-electron chi connectivity index (χ4n) is 3.70. The molecule has 0 atom stereocenters. The second kappa shape index (κ2) is 11.2. The lowest BCUT2D eigenvalue weighted by Gasteiger charge is -2.14. The molecule has 36 heavy (non-hydrogen) atoms. The van der Waals surface area contributed by atoms with Crippen LogP contribution >= 0.6 is 0 Å². The van der Waals surface area contributed by atoms with E-state index in [-0.39, 0.29) is 36.9 Å². The van der Waals surface area contributed by atoms with Gasteiger partial charge in [0.1, 0.15) is 18.1 Å². The van der Waals surface area contributed by atoms with Crippen LogP contribution in [0.15, 0.2) is 77.6 Å². The number of hydrogen-bond acceptors (Lipinski definition) is 6. The Balaban J connectivity index is 1.65. The van der Waals surface area contributed by atoms with Crippen LogP contribution in [0, 0.1) is 0 Å². The SMILES string of the molecule is COc1ccc(-c2nc3ccc(NC(=O)OCc4ccccc4)cc3n(CCNC(C)=O)c2=O)cc1. The molecular weight excluding hydrogens is 460 g/mol. The zero-order valence-corrected chi connectivity index (χ0v) is 20.0. The summed E-state index contributed by atoms with van der Waals surface area (Å²) in [6.45, 7) is 2.03. The Morgan fingerprint density at radius 1 is 1.00 bits per heavy atom. The first-order valence-corrected chi connectivity index (χ1v) is 11.4. The number of aromatic nitrogens is 2. The summed E-state index contributed by atoms with van der Waals surface area (Å²) in [4.78, 5) is 41.8. The molecule has 0 unspecified atom stereocenters. The fourth-order valence-corrected chi connectivity index (χ4v) is 3.70. The number of amides is 2. The monoisotopic (exact) mass is 486 g/mol. The van der Waals surface area contributed by atoms with Crippen molar-refractivity contribution in [3.8, 4) is 17.0 Å². The van der Waals surface area contributed by atoms with Crippen molar-refractivity contribution in [2.45, 2.75) is 20.1 Å². The van der Waals surface area contributed by atoms with Crippen molar-refractivity contribution in [1.29, 1.82) is 0 Å². The lowest BCUT2D eigenvalue weighted by atomic mass is 10.1. The molecule has 3 aromatic carbocycles. The van der Waals surface area contributed by atoms with Crippen molar-refractivity contribution in [1.82, 2.24) is 14.9 Å². The highest BCUT2D eigenvalue weighted by atomic mass is 16.5. The second-order valence-corrected chi connectivity index (χ2v) is 8.02. The van der Waals surface area contributed by atoms with Gasteiger partial charge in [-0.25, -0.2) is 9.78 Å². The Labute approximate surface area is 207 Å². The van der Waals surface area contributed by atoms with E-state index in [2.05, 4.69) is 15.6 Å². The molecule has 2 N–H and O–H groups in total. The molecule has 0 aliphatic heterocycles. The molecular formula is C27H26N4O5. The van der Waals surface area contributed by atoms with Crippen molar-refractivity contribution >= 4 is 28.7 Å². The highest BCUT2D eigenvalue weighted by Gasteiger charge is 2.15. The molecule has 1 aromatic heterocycles. The molecule has 4 rings (SSSR count). The quantitative estimate of drug-likeness (QED) is 0.390. The summed E-state index contributed by atoms with van der Waals surface area (Å²) in [7, 11) is 1.57. The zero-order valence-electron chi connectivity index (χ0n) is 20.0. The van der Waals surface area contributed by atoms with Gasteiger partial charge in [0.05, 0.1) is 18.1 Å². The van der Waals surface area contributed by atoms with Crippen LogP contribution < -0.4 is 20.9 Å². The maximum atomic E-state index is 13.5. The molecule has 0 saturated carbocycles. The Kier molecular flexibility index (Phi) is 7.60. The second-order valence-electron chi connectivity index (χ2n) is 8.02. The number of hydrogen-bond donors (Lipinski definition) is 2. The summed E-state index contributed by atoms with van der Waals surface area (Å²) >= 11 is 0. The average molecular weight is 487 g/mol. The Bertz CT molecular complexity index is 1430. The average Bonchev–Trinajstić information content (AvgIpc) is 2.89. The van der Waals surface area contributed by atoms with Gasteiger partial charge in [-0.15, -0.1) is 0 Å². The van der Waals surface area contributed by atoms with E-state index >= 15 is 0 Å². The highest BCUT2D eigenvalue weighted by molar-refractivity contribution is 5.89. The third-order valence-corrected chi connectivity index (χ3v) is 5.48. The highest BCUT2D eigenvalue weighted by Crippen LogP contribution is 2.23. The number of benzene rings is 3. The lowest BCUT2D eigenvalue weighted by Crippen LogP contribution is -2.31. The number of fused-ring (bicyclic) bond motifs is 1. The molecule has 9 heteroatoms. The van der Waals surface area contributed by atoms with Gasteiger partial charge < -0.3 is 19.4 Å². The molecule has 2 amide bonds. The van der Waals surface area contributed by atoms with Crippen LogP contribution in [0.4, 0.5) is 10.5 Å². The van der Waals surface area contributed by atoms with E-state index in [1.54, 1.807) is 54.1 Å². The van der Waals surface area contributed by atoms with Gasteiger partial charge >= 0.3 is 6.09 Å². The molecule has 1 heterocycles. The standard InChI is InChI=1S/C27H26N4O5/c1-18(32)28-14-15-31-24-16-21(29-27(34)36-17-19-6-4-3-5-7-19)10-13-23(24)30-25(26(31)33)20-8-11-22(35-2)12-9-20/h3-13,16H,14-15,17H2,1-2H3,(H,28,32)(H,29,34). The third-order valence-electron chi connectivity index (χ3n) is 5.48. The van der Waals surface area contributed by atoms with Crippen molar-refractivity contribution in [2.75, 3.05) is 19.0 Å².